The highest BCUT2D eigenvalue weighted by Gasteiger charge is 2.17. The number of carbonyl (C=O) groups excluding carboxylic acids is 2. The van der Waals surface area contributed by atoms with E-state index >= 15 is 0 Å². The molecule has 0 aliphatic rings. The first kappa shape index (κ1) is 18.9. The van der Waals surface area contributed by atoms with Crippen LogP contribution in [0, 0.1) is 13.8 Å². The van der Waals surface area contributed by atoms with Crippen LogP contribution in [-0.2, 0) is 21.1 Å². The molecule has 0 saturated heterocycles. The van der Waals surface area contributed by atoms with Crippen molar-refractivity contribution in [2.75, 3.05) is 12.9 Å². The number of sulfone groups is 1. The molecule has 2 rings (SSSR count). The number of hydrogen-bond acceptors (Lipinski definition) is 5. The highest BCUT2D eigenvalue weighted by molar-refractivity contribution is 7.90. The van der Waals surface area contributed by atoms with Crippen molar-refractivity contribution in [3.63, 3.8) is 0 Å². The number of hydrogen-bond donors (Lipinski definition) is 0. The van der Waals surface area contributed by atoms with Crippen molar-refractivity contribution in [1.29, 1.82) is 0 Å². The smallest absolute Gasteiger partial charge is 0.338 e. The molecule has 0 aliphatic heterocycles. The van der Waals surface area contributed by atoms with Crippen molar-refractivity contribution < 1.29 is 22.7 Å². The Morgan fingerprint density at radius 3 is 2.20 bits per heavy atom. The van der Waals surface area contributed by atoms with Gasteiger partial charge in [-0.05, 0) is 51.1 Å². The van der Waals surface area contributed by atoms with Crippen molar-refractivity contribution >= 4 is 21.6 Å². The van der Waals surface area contributed by atoms with Gasteiger partial charge in [-0.1, -0.05) is 0 Å². The predicted octanol–water partition coefficient (Wildman–Crippen LogP) is 2.57. The Bertz CT molecular complexity index is 908. The fraction of sp³-hybridized carbons (Fsp3) is 0.333. The van der Waals surface area contributed by atoms with Crippen molar-refractivity contribution in [1.82, 2.24) is 4.57 Å². The van der Waals surface area contributed by atoms with Crippen molar-refractivity contribution in [3.8, 4) is 0 Å². The lowest BCUT2D eigenvalue weighted by Gasteiger charge is -2.07. The summed E-state index contributed by atoms with van der Waals surface area (Å²) in [5.41, 5.74) is 2.56. The van der Waals surface area contributed by atoms with Crippen LogP contribution in [-0.4, -0.2) is 37.6 Å². The fourth-order valence-electron chi connectivity index (χ4n) is 2.70. The number of benzene rings is 1. The van der Waals surface area contributed by atoms with E-state index in [9.17, 15) is 18.0 Å². The van der Waals surface area contributed by atoms with Gasteiger partial charge < -0.3 is 9.30 Å². The predicted molar refractivity (Wildman–Crippen MR) is 93.7 cm³/mol. The molecule has 0 amide bonds. The third-order valence-corrected chi connectivity index (χ3v) is 5.17. The summed E-state index contributed by atoms with van der Waals surface area (Å²) in [5, 5.41) is 0. The first-order valence-electron chi connectivity index (χ1n) is 7.82. The standard InChI is InChI=1S/C18H21NO5S/c1-5-19-12(2)10-16(13(19)3)17(20)11-24-18(21)14-6-8-15(9-7-14)25(4,22)23/h6-10H,5,11H2,1-4H3. The van der Waals surface area contributed by atoms with Crippen LogP contribution in [0.5, 0.6) is 0 Å². The summed E-state index contributed by atoms with van der Waals surface area (Å²) in [6, 6.07) is 7.19. The number of Topliss-reactive ketones (excluding diaryl/α,β-unsaturated/α-hetero) is 1. The van der Waals surface area contributed by atoms with Gasteiger partial charge in [0.1, 0.15) is 0 Å². The Kier molecular flexibility index (Phi) is 5.47. The van der Waals surface area contributed by atoms with Gasteiger partial charge in [0.05, 0.1) is 10.5 Å². The highest BCUT2D eigenvalue weighted by atomic mass is 32.2. The van der Waals surface area contributed by atoms with Crippen LogP contribution in [0.4, 0.5) is 0 Å². The third kappa shape index (κ3) is 4.17. The molecule has 0 N–H and O–H groups in total. The van der Waals surface area contributed by atoms with E-state index in [1.807, 2.05) is 25.3 Å². The second-order valence-electron chi connectivity index (χ2n) is 5.82. The average molecular weight is 363 g/mol. The SMILES string of the molecule is CCn1c(C)cc(C(=O)COC(=O)c2ccc(S(C)(=O)=O)cc2)c1C. The number of rotatable bonds is 6. The average Bonchev–Trinajstić information content (AvgIpc) is 2.85. The number of ketones is 1. The first-order chi connectivity index (χ1) is 11.6. The van der Waals surface area contributed by atoms with Crippen LogP contribution < -0.4 is 0 Å². The van der Waals surface area contributed by atoms with Crippen molar-refractivity contribution in [2.45, 2.75) is 32.2 Å². The Hall–Kier alpha value is -2.41. The summed E-state index contributed by atoms with van der Waals surface area (Å²) in [6.45, 7) is 6.17. The maximum Gasteiger partial charge on any atom is 0.338 e. The van der Waals surface area contributed by atoms with E-state index in [1.165, 1.54) is 24.3 Å². The van der Waals surface area contributed by atoms with Crippen LogP contribution in [0.15, 0.2) is 35.2 Å². The minimum Gasteiger partial charge on any atom is -0.454 e. The molecular weight excluding hydrogens is 342 g/mol. The lowest BCUT2D eigenvalue weighted by atomic mass is 10.1. The monoisotopic (exact) mass is 363 g/mol. The molecule has 25 heavy (non-hydrogen) atoms. The van der Waals surface area contributed by atoms with Crippen LogP contribution in [0.25, 0.3) is 0 Å². The molecular formula is C18H21NO5S. The Labute approximate surface area is 147 Å². The zero-order chi connectivity index (χ0) is 18.8. The quantitative estimate of drug-likeness (QED) is 0.582. The number of ether oxygens (including phenoxy) is 1. The zero-order valence-electron chi connectivity index (χ0n) is 14.7. The molecule has 6 nitrogen and oxygen atoms in total. The maximum absolute atomic E-state index is 12.3. The van der Waals surface area contributed by atoms with E-state index in [-0.39, 0.29) is 22.8 Å². The number of carbonyl (C=O) groups is 2. The van der Waals surface area contributed by atoms with Gasteiger partial charge in [-0.3, -0.25) is 4.79 Å². The summed E-state index contributed by atoms with van der Waals surface area (Å²) < 4.78 is 29.9. The molecule has 0 radical (unpaired) electrons. The maximum atomic E-state index is 12.3. The van der Waals surface area contributed by atoms with Gasteiger partial charge in [0.25, 0.3) is 0 Å². The fourth-order valence-corrected chi connectivity index (χ4v) is 3.33. The Morgan fingerprint density at radius 1 is 1.12 bits per heavy atom. The van der Waals surface area contributed by atoms with Gasteiger partial charge in [0.2, 0.25) is 5.78 Å². The zero-order valence-corrected chi connectivity index (χ0v) is 15.5. The molecule has 0 bridgehead atoms. The summed E-state index contributed by atoms with van der Waals surface area (Å²) in [5.74, 6) is -0.938. The van der Waals surface area contributed by atoms with E-state index in [2.05, 4.69) is 0 Å². The van der Waals surface area contributed by atoms with Gasteiger partial charge in [-0.25, -0.2) is 13.2 Å². The molecule has 0 fully saturated rings. The molecule has 0 atom stereocenters. The molecule has 0 aliphatic carbocycles. The Balaban J connectivity index is 2.06. The number of nitrogens with zero attached hydrogens (tertiary/aromatic N) is 1. The van der Waals surface area contributed by atoms with Crippen LogP contribution in [0.1, 0.15) is 39.0 Å². The third-order valence-electron chi connectivity index (χ3n) is 4.04. The second kappa shape index (κ2) is 7.23. The summed E-state index contributed by atoms with van der Waals surface area (Å²) in [6.07, 6.45) is 1.09. The van der Waals surface area contributed by atoms with Gasteiger partial charge in [-0.2, -0.15) is 0 Å². The number of aryl methyl sites for hydroxylation is 1. The van der Waals surface area contributed by atoms with E-state index in [0.29, 0.717) is 5.56 Å². The lowest BCUT2D eigenvalue weighted by molar-refractivity contribution is 0.0474. The molecule has 0 unspecified atom stereocenters. The van der Waals surface area contributed by atoms with E-state index in [4.69, 9.17) is 4.74 Å². The number of aromatic nitrogens is 1. The molecule has 0 spiro atoms. The largest absolute Gasteiger partial charge is 0.454 e. The first-order valence-corrected chi connectivity index (χ1v) is 9.71. The molecule has 1 aromatic heterocycles. The molecule has 134 valence electrons. The minimum atomic E-state index is -3.32. The van der Waals surface area contributed by atoms with E-state index < -0.39 is 15.8 Å². The lowest BCUT2D eigenvalue weighted by Crippen LogP contribution is -2.15. The van der Waals surface area contributed by atoms with Gasteiger partial charge in [0.15, 0.2) is 16.4 Å². The van der Waals surface area contributed by atoms with Crippen molar-refractivity contribution in [3.05, 3.63) is 52.8 Å². The minimum absolute atomic E-state index is 0.118. The van der Waals surface area contributed by atoms with Crippen LogP contribution in [0.2, 0.25) is 0 Å². The molecule has 2 aromatic rings. The van der Waals surface area contributed by atoms with Crippen LogP contribution >= 0.6 is 0 Å². The van der Waals surface area contributed by atoms with Gasteiger partial charge >= 0.3 is 5.97 Å². The second-order valence-corrected chi connectivity index (χ2v) is 7.84. The van der Waals surface area contributed by atoms with E-state index in [1.54, 1.807) is 6.07 Å². The molecule has 7 heteroatoms. The normalized spacial score (nSPS) is 11.4. The molecule has 1 heterocycles. The summed E-state index contributed by atoms with van der Waals surface area (Å²) >= 11 is 0. The molecule has 1 aromatic carbocycles. The van der Waals surface area contributed by atoms with E-state index in [0.717, 1.165) is 24.2 Å². The molecule has 0 saturated carbocycles. The number of esters is 1. The van der Waals surface area contributed by atoms with Crippen molar-refractivity contribution in [2.24, 2.45) is 0 Å². The Morgan fingerprint density at radius 2 is 1.72 bits per heavy atom. The summed E-state index contributed by atoms with van der Waals surface area (Å²) in [7, 11) is -3.32. The van der Waals surface area contributed by atoms with Crippen LogP contribution in [0.3, 0.4) is 0 Å². The van der Waals surface area contributed by atoms with Gasteiger partial charge in [-0.15, -0.1) is 0 Å². The summed E-state index contributed by atoms with van der Waals surface area (Å²) in [4.78, 5) is 24.4. The topological polar surface area (TPSA) is 82.4 Å². The van der Waals surface area contributed by atoms with Gasteiger partial charge in [0, 0.05) is 29.8 Å². The highest BCUT2D eigenvalue weighted by Crippen LogP contribution is 2.16.